The zero-order valence-electron chi connectivity index (χ0n) is 10.9. The molecule has 116 valence electrons. The third kappa shape index (κ3) is 3.81. The van der Waals surface area contributed by atoms with Gasteiger partial charge in [0.05, 0.1) is 22.9 Å². The SMILES string of the molecule is O=C(Cn1ccc([N+](=O)[O-])n1)Nc1cccc(C(F)(F)F)c1. The number of alkyl halides is 3. The highest BCUT2D eigenvalue weighted by Crippen LogP contribution is 2.30. The molecule has 1 aromatic carbocycles. The van der Waals surface area contributed by atoms with Gasteiger partial charge in [-0.1, -0.05) is 6.07 Å². The maximum atomic E-state index is 12.5. The largest absolute Gasteiger partial charge is 0.416 e. The molecule has 0 saturated carbocycles. The topological polar surface area (TPSA) is 90.1 Å². The molecule has 7 nitrogen and oxygen atoms in total. The van der Waals surface area contributed by atoms with Crippen LogP contribution < -0.4 is 5.32 Å². The fourth-order valence-corrected chi connectivity index (χ4v) is 1.66. The Morgan fingerprint density at radius 2 is 2.09 bits per heavy atom. The van der Waals surface area contributed by atoms with Gasteiger partial charge in [0.2, 0.25) is 5.91 Å². The summed E-state index contributed by atoms with van der Waals surface area (Å²) in [7, 11) is 0. The highest BCUT2D eigenvalue weighted by molar-refractivity contribution is 5.90. The summed E-state index contributed by atoms with van der Waals surface area (Å²) in [6.45, 7) is -0.357. The Kier molecular flexibility index (Phi) is 4.11. The van der Waals surface area contributed by atoms with Crippen LogP contribution in [0, 0.1) is 10.1 Å². The van der Waals surface area contributed by atoms with Crippen LogP contribution >= 0.6 is 0 Å². The lowest BCUT2D eigenvalue weighted by molar-refractivity contribution is -0.389. The number of rotatable bonds is 4. The number of amides is 1. The van der Waals surface area contributed by atoms with Gasteiger partial charge < -0.3 is 15.4 Å². The van der Waals surface area contributed by atoms with Crippen molar-refractivity contribution < 1.29 is 22.9 Å². The zero-order valence-corrected chi connectivity index (χ0v) is 10.9. The Labute approximate surface area is 121 Å². The van der Waals surface area contributed by atoms with Crippen LogP contribution in [0.3, 0.4) is 0 Å². The maximum absolute atomic E-state index is 12.5. The molecule has 22 heavy (non-hydrogen) atoms. The number of aromatic nitrogens is 2. The highest BCUT2D eigenvalue weighted by atomic mass is 19.4. The minimum atomic E-state index is -4.51. The molecule has 2 aromatic rings. The summed E-state index contributed by atoms with van der Waals surface area (Å²) in [5.41, 5.74) is -0.915. The van der Waals surface area contributed by atoms with Gasteiger partial charge in [-0.25, -0.2) is 0 Å². The van der Waals surface area contributed by atoms with Gasteiger partial charge in [-0.3, -0.25) is 4.79 Å². The van der Waals surface area contributed by atoms with Crippen molar-refractivity contribution in [2.24, 2.45) is 0 Å². The molecule has 0 unspecified atom stereocenters. The zero-order chi connectivity index (χ0) is 16.3. The van der Waals surface area contributed by atoms with E-state index in [9.17, 15) is 28.1 Å². The molecule has 1 amide bonds. The first-order valence-corrected chi connectivity index (χ1v) is 5.90. The molecule has 1 aromatic heterocycles. The van der Waals surface area contributed by atoms with E-state index in [-0.39, 0.29) is 12.2 Å². The lowest BCUT2D eigenvalue weighted by Crippen LogP contribution is -2.19. The number of nitro groups is 1. The third-order valence-corrected chi connectivity index (χ3v) is 2.59. The van der Waals surface area contributed by atoms with E-state index in [1.54, 1.807) is 0 Å². The van der Waals surface area contributed by atoms with Crippen molar-refractivity contribution in [1.82, 2.24) is 9.78 Å². The van der Waals surface area contributed by atoms with Crippen LogP contribution in [0.5, 0.6) is 0 Å². The highest BCUT2D eigenvalue weighted by Gasteiger charge is 2.30. The summed E-state index contributed by atoms with van der Waals surface area (Å²) >= 11 is 0. The number of nitrogens with one attached hydrogen (secondary N) is 1. The standard InChI is InChI=1S/C12H9F3N4O3/c13-12(14,15)8-2-1-3-9(6-8)16-11(20)7-18-5-4-10(17-18)19(21)22/h1-6H,7H2,(H,16,20). The van der Waals surface area contributed by atoms with Crippen LogP contribution in [0.15, 0.2) is 36.5 Å². The summed E-state index contributed by atoms with van der Waals surface area (Å²) < 4.78 is 38.6. The molecule has 0 aliphatic rings. The van der Waals surface area contributed by atoms with Crippen LogP contribution in [-0.4, -0.2) is 20.6 Å². The summed E-state index contributed by atoms with van der Waals surface area (Å²) in [4.78, 5) is 21.4. The Bertz CT molecular complexity index is 712. The molecule has 0 saturated heterocycles. The fraction of sp³-hybridized carbons (Fsp3) is 0.167. The molecular formula is C12H9F3N4O3. The molecule has 0 bridgehead atoms. The predicted molar refractivity (Wildman–Crippen MR) is 69.0 cm³/mol. The first-order valence-electron chi connectivity index (χ1n) is 5.90. The monoisotopic (exact) mass is 314 g/mol. The normalized spacial score (nSPS) is 11.2. The number of hydrogen-bond donors (Lipinski definition) is 1. The van der Waals surface area contributed by atoms with Crippen molar-refractivity contribution in [1.29, 1.82) is 0 Å². The van der Waals surface area contributed by atoms with Crippen molar-refractivity contribution in [3.8, 4) is 0 Å². The van der Waals surface area contributed by atoms with Gasteiger partial charge in [0.25, 0.3) is 0 Å². The third-order valence-electron chi connectivity index (χ3n) is 2.59. The molecule has 1 heterocycles. The van der Waals surface area contributed by atoms with Crippen molar-refractivity contribution >= 4 is 17.4 Å². The van der Waals surface area contributed by atoms with Crippen LogP contribution in [0.1, 0.15) is 5.56 Å². The number of anilines is 1. The molecule has 0 radical (unpaired) electrons. The van der Waals surface area contributed by atoms with Gasteiger partial charge in [0.1, 0.15) is 6.54 Å². The van der Waals surface area contributed by atoms with Gasteiger partial charge in [-0.15, -0.1) is 0 Å². The Hall–Kier alpha value is -2.91. The van der Waals surface area contributed by atoms with Gasteiger partial charge in [0.15, 0.2) is 0 Å². The first kappa shape index (κ1) is 15.5. The van der Waals surface area contributed by atoms with Crippen molar-refractivity contribution in [2.75, 3.05) is 5.32 Å². The number of carbonyl (C=O) groups is 1. The van der Waals surface area contributed by atoms with Crippen molar-refractivity contribution in [3.63, 3.8) is 0 Å². The number of carbonyl (C=O) groups excluding carboxylic acids is 1. The van der Waals surface area contributed by atoms with E-state index < -0.39 is 28.4 Å². The summed E-state index contributed by atoms with van der Waals surface area (Å²) in [6, 6.07) is 5.25. The van der Waals surface area contributed by atoms with Crippen molar-refractivity contribution in [3.05, 3.63) is 52.2 Å². The Morgan fingerprint density at radius 1 is 1.36 bits per heavy atom. The van der Waals surface area contributed by atoms with Crippen LogP contribution in [0.25, 0.3) is 0 Å². The van der Waals surface area contributed by atoms with Crippen molar-refractivity contribution in [2.45, 2.75) is 12.7 Å². The summed E-state index contributed by atoms with van der Waals surface area (Å²) in [5, 5.41) is 16.2. The number of halogens is 3. The number of benzene rings is 1. The Balaban J connectivity index is 2.04. The molecule has 2 rings (SSSR count). The second kappa shape index (κ2) is 5.84. The second-order valence-corrected chi connectivity index (χ2v) is 4.26. The van der Waals surface area contributed by atoms with Crippen LogP contribution in [-0.2, 0) is 17.5 Å². The minimum Gasteiger partial charge on any atom is -0.358 e. The average Bonchev–Trinajstić information content (AvgIpc) is 2.86. The maximum Gasteiger partial charge on any atom is 0.416 e. The van der Waals surface area contributed by atoms with E-state index in [0.29, 0.717) is 0 Å². The van der Waals surface area contributed by atoms with E-state index in [1.807, 2.05) is 0 Å². The fourth-order valence-electron chi connectivity index (χ4n) is 1.66. The number of hydrogen-bond acceptors (Lipinski definition) is 4. The van der Waals surface area contributed by atoms with Gasteiger partial charge in [-0.05, 0) is 23.1 Å². The molecule has 0 atom stereocenters. The summed E-state index contributed by atoms with van der Waals surface area (Å²) in [6.07, 6.45) is -3.28. The molecule has 1 N–H and O–H groups in total. The molecule has 0 aliphatic heterocycles. The van der Waals surface area contributed by atoms with E-state index in [1.165, 1.54) is 12.3 Å². The van der Waals surface area contributed by atoms with Crippen LogP contribution in [0.2, 0.25) is 0 Å². The molecule has 10 heteroatoms. The summed E-state index contributed by atoms with van der Waals surface area (Å²) in [5.74, 6) is -1.08. The Morgan fingerprint density at radius 3 is 2.68 bits per heavy atom. The average molecular weight is 314 g/mol. The van der Waals surface area contributed by atoms with E-state index in [2.05, 4.69) is 10.4 Å². The predicted octanol–water partition coefficient (Wildman–Crippen LogP) is 2.45. The lowest BCUT2D eigenvalue weighted by Gasteiger charge is -2.09. The smallest absolute Gasteiger partial charge is 0.358 e. The van der Waals surface area contributed by atoms with E-state index in [4.69, 9.17) is 0 Å². The molecule has 0 fully saturated rings. The first-order chi connectivity index (χ1) is 10.3. The second-order valence-electron chi connectivity index (χ2n) is 4.26. The molecular weight excluding hydrogens is 305 g/mol. The van der Waals surface area contributed by atoms with Gasteiger partial charge in [-0.2, -0.15) is 17.9 Å². The van der Waals surface area contributed by atoms with E-state index in [0.717, 1.165) is 28.9 Å². The minimum absolute atomic E-state index is 0.0264. The lowest BCUT2D eigenvalue weighted by atomic mass is 10.2. The number of nitrogens with zero attached hydrogens (tertiary/aromatic N) is 3. The van der Waals surface area contributed by atoms with E-state index >= 15 is 0 Å². The van der Waals surface area contributed by atoms with Crippen LogP contribution in [0.4, 0.5) is 24.7 Å². The molecule has 0 aliphatic carbocycles. The molecule has 0 spiro atoms. The van der Waals surface area contributed by atoms with Gasteiger partial charge in [0, 0.05) is 5.69 Å². The van der Waals surface area contributed by atoms with Gasteiger partial charge >= 0.3 is 12.0 Å². The quantitative estimate of drug-likeness (QED) is 0.693.